The number of nitrogens with zero attached hydrogens (tertiary/aromatic N) is 1. The molecule has 4 N–H and O–H groups in total. The maximum absolute atomic E-state index is 11.9. The zero-order valence-corrected chi connectivity index (χ0v) is 11.0. The number of nitrogens with one attached hydrogen (secondary N) is 2. The zero-order chi connectivity index (χ0) is 12.6. The van der Waals surface area contributed by atoms with Crippen molar-refractivity contribution >= 4 is 17.7 Å². The summed E-state index contributed by atoms with van der Waals surface area (Å²) in [4.78, 5) is 19.2. The third-order valence-corrected chi connectivity index (χ3v) is 4.76. The molecule has 1 amide bonds. The molecule has 1 aromatic heterocycles. The van der Waals surface area contributed by atoms with Crippen LogP contribution in [0.2, 0.25) is 0 Å². The van der Waals surface area contributed by atoms with E-state index in [0.29, 0.717) is 17.7 Å². The number of hydrogen-bond acceptors (Lipinski definition) is 4. The van der Waals surface area contributed by atoms with Crippen molar-refractivity contribution in [3.05, 3.63) is 12.4 Å². The first kappa shape index (κ1) is 12.0. The number of primary amides is 1. The number of thioether (sulfide) groups is 1. The van der Waals surface area contributed by atoms with Gasteiger partial charge in [-0.05, 0) is 31.6 Å². The van der Waals surface area contributed by atoms with E-state index in [-0.39, 0.29) is 5.91 Å². The molecule has 5 nitrogen and oxygen atoms in total. The lowest BCUT2D eigenvalue weighted by Gasteiger charge is -2.31. The lowest BCUT2D eigenvalue weighted by Crippen LogP contribution is -2.60. The molecule has 0 radical (unpaired) electrons. The quantitative estimate of drug-likeness (QED) is 0.640. The molecule has 18 heavy (non-hydrogen) atoms. The summed E-state index contributed by atoms with van der Waals surface area (Å²) in [5.41, 5.74) is 5.14. The Labute approximate surface area is 110 Å². The van der Waals surface area contributed by atoms with E-state index in [1.54, 1.807) is 24.2 Å². The molecule has 98 valence electrons. The molecular weight excluding hydrogens is 248 g/mol. The van der Waals surface area contributed by atoms with E-state index in [0.717, 1.165) is 30.8 Å². The zero-order valence-electron chi connectivity index (χ0n) is 10.2. The van der Waals surface area contributed by atoms with Crippen LogP contribution in [0.4, 0.5) is 0 Å². The Balaban J connectivity index is 1.72. The minimum Gasteiger partial charge on any atom is -0.368 e. The van der Waals surface area contributed by atoms with Gasteiger partial charge in [0.15, 0.2) is 5.16 Å². The second-order valence-corrected chi connectivity index (χ2v) is 6.18. The van der Waals surface area contributed by atoms with Crippen LogP contribution >= 0.6 is 11.8 Å². The smallest absolute Gasteiger partial charge is 0.238 e. The van der Waals surface area contributed by atoms with Crippen LogP contribution in [0.15, 0.2) is 17.6 Å². The molecule has 0 spiro atoms. The molecule has 0 aliphatic heterocycles. The monoisotopic (exact) mass is 266 g/mol. The van der Waals surface area contributed by atoms with Crippen molar-refractivity contribution in [1.82, 2.24) is 15.3 Å². The number of aromatic amines is 1. The Morgan fingerprint density at radius 3 is 2.83 bits per heavy atom. The molecule has 3 rings (SSSR count). The SMILES string of the molecule is NC(=O)C(CSc1ncc[nH]1)(NC1CC1)C1CC1. The van der Waals surface area contributed by atoms with Crippen LogP contribution in [0.1, 0.15) is 25.7 Å². The second kappa shape index (κ2) is 4.59. The summed E-state index contributed by atoms with van der Waals surface area (Å²) in [6.07, 6.45) is 8.03. The van der Waals surface area contributed by atoms with E-state index in [2.05, 4.69) is 15.3 Å². The van der Waals surface area contributed by atoms with Gasteiger partial charge in [0.1, 0.15) is 5.54 Å². The van der Waals surface area contributed by atoms with Gasteiger partial charge in [-0.3, -0.25) is 10.1 Å². The molecule has 2 saturated carbocycles. The van der Waals surface area contributed by atoms with Crippen LogP contribution in [-0.4, -0.2) is 33.2 Å². The summed E-state index contributed by atoms with van der Waals surface area (Å²) in [5.74, 6) is 0.853. The molecular formula is C12H18N4OS. The first-order chi connectivity index (χ1) is 8.71. The van der Waals surface area contributed by atoms with Crippen LogP contribution < -0.4 is 11.1 Å². The van der Waals surface area contributed by atoms with Gasteiger partial charge in [-0.1, -0.05) is 11.8 Å². The predicted octanol–water partition coefficient (Wildman–Crippen LogP) is 0.888. The Bertz CT molecular complexity index is 427. The minimum absolute atomic E-state index is 0.212. The van der Waals surface area contributed by atoms with Crippen LogP contribution in [0.3, 0.4) is 0 Å². The number of hydrogen-bond donors (Lipinski definition) is 3. The fourth-order valence-electron chi connectivity index (χ4n) is 2.30. The van der Waals surface area contributed by atoms with Crippen LogP contribution in [0.25, 0.3) is 0 Å². The van der Waals surface area contributed by atoms with Crippen molar-refractivity contribution in [3.63, 3.8) is 0 Å². The number of amides is 1. The highest BCUT2D eigenvalue weighted by molar-refractivity contribution is 7.99. The van der Waals surface area contributed by atoms with Crippen LogP contribution in [-0.2, 0) is 4.79 Å². The Morgan fingerprint density at radius 1 is 1.56 bits per heavy atom. The van der Waals surface area contributed by atoms with Gasteiger partial charge >= 0.3 is 0 Å². The van der Waals surface area contributed by atoms with Crippen molar-refractivity contribution < 1.29 is 4.79 Å². The predicted molar refractivity (Wildman–Crippen MR) is 70.1 cm³/mol. The van der Waals surface area contributed by atoms with Crippen LogP contribution in [0, 0.1) is 5.92 Å². The summed E-state index contributed by atoms with van der Waals surface area (Å²) in [7, 11) is 0. The van der Waals surface area contributed by atoms with E-state index in [4.69, 9.17) is 5.73 Å². The van der Waals surface area contributed by atoms with E-state index >= 15 is 0 Å². The molecule has 6 heteroatoms. The molecule has 1 unspecified atom stereocenters. The third-order valence-electron chi connectivity index (χ3n) is 3.66. The van der Waals surface area contributed by atoms with Gasteiger partial charge in [0.25, 0.3) is 0 Å². The van der Waals surface area contributed by atoms with E-state index < -0.39 is 5.54 Å². The molecule has 1 aromatic rings. The van der Waals surface area contributed by atoms with Crippen molar-refractivity contribution in [2.75, 3.05) is 5.75 Å². The number of imidazole rings is 1. The highest BCUT2D eigenvalue weighted by Gasteiger charge is 2.51. The van der Waals surface area contributed by atoms with Gasteiger partial charge < -0.3 is 10.7 Å². The Morgan fingerprint density at radius 2 is 2.33 bits per heavy atom. The number of carbonyl (C=O) groups is 1. The molecule has 0 bridgehead atoms. The lowest BCUT2D eigenvalue weighted by molar-refractivity contribution is -0.124. The number of aromatic nitrogens is 2. The summed E-state index contributed by atoms with van der Waals surface area (Å²) in [6, 6.07) is 0.482. The number of H-pyrrole nitrogens is 1. The average molecular weight is 266 g/mol. The molecule has 1 heterocycles. The van der Waals surface area contributed by atoms with Crippen molar-refractivity contribution in [1.29, 1.82) is 0 Å². The molecule has 0 saturated heterocycles. The van der Waals surface area contributed by atoms with Crippen LogP contribution in [0.5, 0.6) is 0 Å². The molecule has 2 aliphatic rings. The number of carbonyl (C=O) groups excluding carboxylic acids is 1. The fourth-order valence-corrected chi connectivity index (χ4v) is 3.41. The maximum Gasteiger partial charge on any atom is 0.238 e. The van der Waals surface area contributed by atoms with Gasteiger partial charge in [0, 0.05) is 24.2 Å². The van der Waals surface area contributed by atoms with Gasteiger partial charge in [-0.25, -0.2) is 4.98 Å². The standard InChI is InChI=1S/C12H18N4OS/c13-10(17)12(8-1-2-8,16-9-3-4-9)7-18-11-14-5-6-15-11/h5-6,8-9,16H,1-4,7H2,(H2,13,17)(H,14,15). The highest BCUT2D eigenvalue weighted by atomic mass is 32.2. The average Bonchev–Trinajstić information content (AvgIpc) is 3.25. The largest absolute Gasteiger partial charge is 0.368 e. The molecule has 2 aliphatic carbocycles. The summed E-state index contributed by atoms with van der Waals surface area (Å²) in [5, 5.41) is 4.34. The summed E-state index contributed by atoms with van der Waals surface area (Å²) < 4.78 is 0. The molecule has 0 aromatic carbocycles. The second-order valence-electron chi connectivity index (χ2n) is 5.21. The minimum atomic E-state index is -0.543. The Kier molecular flexibility index (Phi) is 3.07. The van der Waals surface area contributed by atoms with Gasteiger partial charge in [0.2, 0.25) is 5.91 Å². The normalized spacial score (nSPS) is 22.7. The Hall–Kier alpha value is -1.01. The first-order valence-electron chi connectivity index (χ1n) is 6.40. The third kappa shape index (κ3) is 2.40. The topological polar surface area (TPSA) is 83.8 Å². The highest BCUT2D eigenvalue weighted by Crippen LogP contribution is 2.43. The number of rotatable bonds is 7. The fraction of sp³-hybridized carbons (Fsp3) is 0.667. The van der Waals surface area contributed by atoms with E-state index in [1.807, 2.05) is 0 Å². The van der Waals surface area contributed by atoms with Crippen molar-refractivity contribution in [2.24, 2.45) is 11.7 Å². The van der Waals surface area contributed by atoms with Gasteiger partial charge in [-0.15, -0.1) is 0 Å². The van der Waals surface area contributed by atoms with Crippen molar-refractivity contribution in [3.8, 4) is 0 Å². The number of nitrogens with two attached hydrogens (primary N) is 1. The summed E-state index contributed by atoms with van der Waals surface area (Å²) in [6.45, 7) is 0. The first-order valence-corrected chi connectivity index (χ1v) is 7.39. The lowest BCUT2D eigenvalue weighted by atomic mass is 9.94. The van der Waals surface area contributed by atoms with E-state index in [9.17, 15) is 4.79 Å². The molecule has 1 atom stereocenters. The van der Waals surface area contributed by atoms with Crippen molar-refractivity contribution in [2.45, 2.75) is 42.4 Å². The van der Waals surface area contributed by atoms with Gasteiger partial charge in [0.05, 0.1) is 0 Å². The molecule has 2 fully saturated rings. The summed E-state index contributed by atoms with van der Waals surface area (Å²) >= 11 is 1.57. The van der Waals surface area contributed by atoms with Gasteiger partial charge in [-0.2, -0.15) is 0 Å². The van der Waals surface area contributed by atoms with E-state index in [1.165, 1.54) is 0 Å². The maximum atomic E-state index is 11.9.